The van der Waals surface area contributed by atoms with Gasteiger partial charge in [0, 0.05) is 26.0 Å². The van der Waals surface area contributed by atoms with Crippen molar-refractivity contribution in [2.75, 3.05) is 7.05 Å². The normalized spacial score (nSPS) is 10.2. The standard InChI is InChI=1S/C13H13N3O3/c1-16(8-9-5-6-14-7-9)12(17)10-3-2-4-11(15-10)13(18)19/h2-7,14H,8H2,1H3,(H,18,19). The van der Waals surface area contributed by atoms with Crippen molar-refractivity contribution in [1.29, 1.82) is 0 Å². The van der Waals surface area contributed by atoms with Gasteiger partial charge in [-0.15, -0.1) is 0 Å². The van der Waals surface area contributed by atoms with Crippen LogP contribution in [0.1, 0.15) is 26.5 Å². The lowest BCUT2D eigenvalue weighted by Crippen LogP contribution is -2.27. The zero-order chi connectivity index (χ0) is 13.8. The first-order chi connectivity index (χ1) is 9.08. The Kier molecular flexibility index (Phi) is 3.61. The first-order valence-electron chi connectivity index (χ1n) is 5.65. The van der Waals surface area contributed by atoms with E-state index in [1.165, 1.54) is 23.1 Å². The number of carbonyl (C=O) groups excluding carboxylic acids is 1. The Labute approximate surface area is 109 Å². The van der Waals surface area contributed by atoms with Crippen LogP contribution in [0.15, 0.2) is 36.7 Å². The van der Waals surface area contributed by atoms with Crippen LogP contribution in [0, 0.1) is 0 Å². The zero-order valence-electron chi connectivity index (χ0n) is 10.3. The monoisotopic (exact) mass is 259 g/mol. The summed E-state index contributed by atoms with van der Waals surface area (Å²) in [6.45, 7) is 0.432. The van der Waals surface area contributed by atoms with Crippen molar-refractivity contribution in [3.63, 3.8) is 0 Å². The average molecular weight is 259 g/mol. The van der Waals surface area contributed by atoms with Crippen molar-refractivity contribution >= 4 is 11.9 Å². The number of hydrogen-bond acceptors (Lipinski definition) is 3. The van der Waals surface area contributed by atoms with E-state index in [1.807, 2.05) is 6.07 Å². The average Bonchev–Trinajstić information content (AvgIpc) is 2.90. The van der Waals surface area contributed by atoms with Gasteiger partial charge in [-0.05, 0) is 23.8 Å². The molecule has 1 amide bonds. The van der Waals surface area contributed by atoms with Gasteiger partial charge < -0.3 is 15.0 Å². The fourth-order valence-corrected chi connectivity index (χ4v) is 1.67. The Morgan fingerprint density at radius 2 is 2.05 bits per heavy atom. The SMILES string of the molecule is CN(Cc1cc[nH]c1)C(=O)c1cccc(C(=O)O)n1. The molecule has 0 spiro atoms. The molecule has 2 N–H and O–H groups in total. The van der Waals surface area contributed by atoms with Crippen LogP contribution in [0.25, 0.3) is 0 Å². The predicted molar refractivity (Wildman–Crippen MR) is 67.8 cm³/mol. The summed E-state index contributed by atoms with van der Waals surface area (Å²) in [6, 6.07) is 6.23. The summed E-state index contributed by atoms with van der Waals surface area (Å²) in [5, 5.41) is 8.85. The van der Waals surface area contributed by atoms with Gasteiger partial charge in [-0.3, -0.25) is 4.79 Å². The van der Waals surface area contributed by atoms with Crippen LogP contribution < -0.4 is 0 Å². The first kappa shape index (κ1) is 12.8. The number of pyridine rings is 1. The number of carboxylic acids is 1. The van der Waals surface area contributed by atoms with Crippen LogP contribution in [0.3, 0.4) is 0 Å². The van der Waals surface area contributed by atoms with Crippen molar-refractivity contribution in [3.05, 3.63) is 53.6 Å². The molecule has 0 atom stereocenters. The fraction of sp³-hybridized carbons (Fsp3) is 0.154. The Hall–Kier alpha value is -2.63. The van der Waals surface area contributed by atoms with E-state index in [2.05, 4.69) is 9.97 Å². The third kappa shape index (κ3) is 2.98. The number of aromatic carboxylic acids is 1. The van der Waals surface area contributed by atoms with Crippen molar-refractivity contribution in [2.45, 2.75) is 6.54 Å². The Morgan fingerprint density at radius 1 is 1.32 bits per heavy atom. The molecule has 0 saturated heterocycles. The number of aromatic amines is 1. The van der Waals surface area contributed by atoms with Gasteiger partial charge in [0.05, 0.1) is 0 Å². The van der Waals surface area contributed by atoms with Gasteiger partial charge in [0.2, 0.25) is 0 Å². The highest BCUT2D eigenvalue weighted by Gasteiger charge is 2.15. The number of aromatic nitrogens is 2. The largest absolute Gasteiger partial charge is 0.477 e. The van der Waals surface area contributed by atoms with E-state index in [0.29, 0.717) is 6.54 Å². The number of nitrogens with one attached hydrogen (secondary N) is 1. The van der Waals surface area contributed by atoms with Gasteiger partial charge in [0.25, 0.3) is 5.91 Å². The van der Waals surface area contributed by atoms with Crippen LogP contribution in [0.5, 0.6) is 0 Å². The van der Waals surface area contributed by atoms with E-state index >= 15 is 0 Å². The van der Waals surface area contributed by atoms with Crippen molar-refractivity contribution in [2.24, 2.45) is 0 Å². The van der Waals surface area contributed by atoms with Gasteiger partial charge >= 0.3 is 5.97 Å². The molecule has 19 heavy (non-hydrogen) atoms. The third-order valence-electron chi connectivity index (χ3n) is 2.62. The maximum absolute atomic E-state index is 12.1. The van der Waals surface area contributed by atoms with E-state index in [4.69, 9.17) is 5.11 Å². The summed E-state index contributed by atoms with van der Waals surface area (Å²) in [5.41, 5.74) is 0.948. The van der Waals surface area contributed by atoms with Gasteiger partial charge in [-0.25, -0.2) is 9.78 Å². The van der Waals surface area contributed by atoms with Crippen LogP contribution in [0.2, 0.25) is 0 Å². The second-order valence-corrected chi connectivity index (χ2v) is 4.09. The lowest BCUT2D eigenvalue weighted by Gasteiger charge is -2.15. The molecule has 6 heteroatoms. The smallest absolute Gasteiger partial charge is 0.354 e. The summed E-state index contributed by atoms with van der Waals surface area (Å²) in [7, 11) is 1.64. The van der Waals surface area contributed by atoms with Gasteiger partial charge in [-0.1, -0.05) is 6.07 Å². The van der Waals surface area contributed by atoms with Crippen LogP contribution >= 0.6 is 0 Å². The van der Waals surface area contributed by atoms with E-state index in [0.717, 1.165) is 5.56 Å². The molecule has 0 unspecified atom stereocenters. The fourth-order valence-electron chi connectivity index (χ4n) is 1.67. The number of amides is 1. The Bertz CT molecular complexity index is 593. The van der Waals surface area contributed by atoms with Crippen LogP contribution in [0.4, 0.5) is 0 Å². The predicted octanol–water partition coefficient (Wildman–Crippen LogP) is 1.38. The Morgan fingerprint density at radius 3 is 2.68 bits per heavy atom. The van der Waals surface area contributed by atoms with E-state index in [-0.39, 0.29) is 17.3 Å². The molecule has 2 aromatic heterocycles. The number of rotatable bonds is 4. The molecule has 0 radical (unpaired) electrons. The molecule has 0 aliphatic rings. The molecule has 0 saturated carbocycles. The number of nitrogens with zero attached hydrogens (tertiary/aromatic N) is 2. The molecular formula is C13H13N3O3. The summed E-state index contributed by atoms with van der Waals surface area (Å²) in [4.78, 5) is 31.1. The maximum atomic E-state index is 12.1. The molecule has 98 valence electrons. The second kappa shape index (κ2) is 5.34. The lowest BCUT2D eigenvalue weighted by atomic mass is 10.2. The summed E-state index contributed by atoms with van der Waals surface area (Å²) in [5.74, 6) is -1.47. The van der Waals surface area contributed by atoms with E-state index in [9.17, 15) is 9.59 Å². The third-order valence-corrected chi connectivity index (χ3v) is 2.62. The minimum atomic E-state index is -1.15. The molecular weight excluding hydrogens is 246 g/mol. The minimum absolute atomic E-state index is 0.123. The molecule has 2 heterocycles. The lowest BCUT2D eigenvalue weighted by molar-refractivity contribution is 0.0690. The molecule has 0 bridgehead atoms. The molecule has 2 aromatic rings. The van der Waals surface area contributed by atoms with Gasteiger partial charge in [0.15, 0.2) is 0 Å². The number of carboxylic acid groups (broad SMARTS) is 1. The van der Waals surface area contributed by atoms with Crippen molar-refractivity contribution in [3.8, 4) is 0 Å². The molecule has 0 aliphatic heterocycles. The van der Waals surface area contributed by atoms with E-state index < -0.39 is 5.97 Å². The molecule has 2 rings (SSSR count). The maximum Gasteiger partial charge on any atom is 0.354 e. The van der Waals surface area contributed by atoms with Gasteiger partial charge in [-0.2, -0.15) is 0 Å². The highest BCUT2D eigenvalue weighted by atomic mass is 16.4. The molecule has 0 aromatic carbocycles. The zero-order valence-corrected chi connectivity index (χ0v) is 10.3. The molecule has 6 nitrogen and oxygen atoms in total. The van der Waals surface area contributed by atoms with E-state index in [1.54, 1.807) is 19.4 Å². The summed E-state index contributed by atoms with van der Waals surface area (Å²) in [6.07, 6.45) is 3.57. The Balaban J connectivity index is 2.14. The molecule has 0 fully saturated rings. The topological polar surface area (TPSA) is 86.3 Å². The van der Waals surface area contributed by atoms with Crippen molar-refractivity contribution < 1.29 is 14.7 Å². The summed E-state index contributed by atoms with van der Waals surface area (Å²) < 4.78 is 0. The van der Waals surface area contributed by atoms with Crippen LogP contribution in [-0.4, -0.2) is 38.9 Å². The first-order valence-corrected chi connectivity index (χ1v) is 5.65. The van der Waals surface area contributed by atoms with Crippen LogP contribution in [-0.2, 0) is 6.54 Å². The van der Waals surface area contributed by atoms with Crippen molar-refractivity contribution in [1.82, 2.24) is 14.9 Å². The number of hydrogen-bond donors (Lipinski definition) is 2. The highest BCUT2D eigenvalue weighted by molar-refractivity contribution is 5.94. The number of carbonyl (C=O) groups is 2. The second-order valence-electron chi connectivity index (χ2n) is 4.09. The van der Waals surface area contributed by atoms with Gasteiger partial charge in [0.1, 0.15) is 11.4 Å². The highest BCUT2D eigenvalue weighted by Crippen LogP contribution is 2.07. The quantitative estimate of drug-likeness (QED) is 0.868. The number of H-pyrrole nitrogens is 1. The molecule has 0 aliphatic carbocycles. The minimum Gasteiger partial charge on any atom is -0.477 e. The summed E-state index contributed by atoms with van der Waals surface area (Å²) >= 11 is 0.